The summed E-state index contributed by atoms with van der Waals surface area (Å²) in [6.07, 6.45) is 1.49. The molecule has 6 heteroatoms. The SMILES string of the molecule is O=C(Nc1cc(Cl)ccc1F)c1ccc(Br)cn1. The predicted molar refractivity (Wildman–Crippen MR) is 71.3 cm³/mol. The quantitative estimate of drug-likeness (QED) is 0.908. The highest BCUT2D eigenvalue weighted by atomic mass is 79.9. The number of hydrogen-bond donors (Lipinski definition) is 1. The zero-order valence-electron chi connectivity index (χ0n) is 8.95. The number of pyridine rings is 1. The number of aromatic nitrogens is 1. The van der Waals surface area contributed by atoms with E-state index in [1.807, 2.05) is 0 Å². The van der Waals surface area contributed by atoms with Crippen molar-refractivity contribution in [1.82, 2.24) is 4.98 Å². The second-order valence-corrected chi connectivity index (χ2v) is 4.79. The number of benzene rings is 1. The maximum absolute atomic E-state index is 13.4. The minimum atomic E-state index is -0.551. The number of nitrogens with zero attached hydrogens (tertiary/aromatic N) is 1. The van der Waals surface area contributed by atoms with Crippen LogP contribution in [0.3, 0.4) is 0 Å². The van der Waals surface area contributed by atoms with E-state index in [4.69, 9.17) is 11.6 Å². The van der Waals surface area contributed by atoms with Gasteiger partial charge in [0, 0.05) is 15.7 Å². The lowest BCUT2D eigenvalue weighted by Crippen LogP contribution is -2.14. The molecule has 1 amide bonds. The molecule has 0 aliphatic rings. The lowest BCUT2D eigenvalue weighted by atomic mass is 10.3. The molecule has 2 rings (SSSR count). The van der Waals surface area contributed by atoms with Gasteiger partial charge in [-0.3, -0.25) is 4.79 Å². The van der Waals surface area contributed by atoms with Gasteiger partial charge >= 0.3 is 0 Å². The number of carbonyl (C=O) groups is 1. The highest BCUT2D eigenvalue weighted by molar-refractivity contribution is 9.10. The van der Waals surface area contributed by atoms with Crippen LogP contribution in [-0.2, 0) is 0 Å². The number of carbonyl (C=O) groups excluding carboxylic acids is 1. The van der Waals surface area contributed by atoms with Crippen LogP contribution >= 0.6 is 27.5 Å². The summed E-state index contributed by atoms with van der Waals surface area (Å²) in [7, 11) is 0. The molecule has 0 atom stereocenters. The number of nitrogens with one attached hydrogen (secondary N) is 1. The molecule has 1 aromatic carbocycles. The third-order valence-electron chi connectivity index (χ3n) is 2.14. The maximum atomic E-state index is 13.4. The molecule has 0 saturated carbocycles. The molecule has 0 fully saturated rings. The van der Waals surface area contributed by atoms with Crippen LogP contribution in [0.4, 0.5) is 10.1 Å². The Kier molecular flexibility index (Phi) is 3.93. The number of amides is 1. The summed E-state index contributed by atoms with van der Waals surface area (Å²) in [5.74, 6) is -1.05. The fourth-order valence-corrected chi connectivity index (χ4v) is 1.70. The molecule has 0 radical (unpaired) electrons. The number of hydrogen-bond acceptors (Lipinski definition) is 2. The molecule has 1 aromatic heterocycles. The van der Waals surface area contributed by atoms with Gasteiger partial charge in [-0.25, -0.2) is 9.37 Å². The summed E-state index contributed by atoms with van der Waals surface area (Å²) in [5.41, 5.74) is 0.217. The smallest absolute Gasteiger partial charge is 0.274 e. The van der Waals surface area contributed by atoms with Gasteiger partial charge in [0.1, 0.15) is 11.5 Å². The van der Waals surface area contributed by atoms with Crippen molar-refractivity contribution in [2.75, 3.05) is 5.32 Å². The summed E-state index contributed by atoms with van der Waals surface area (Å²) >= 11 is 8.94. The van der Waals surface area contributed by atoms with Crippen molar-refractivity contribution in [2.24, 2.45) is 0 Å². The van der Waals surface area contributed by atoms with E-state index < -0.39 is 11.7 Å². The summed E-state index contributed by atoms with van der Waals surface area (Å²) < 4.78 is 14.2. The van der Waals surface area contributed by atoms with Crippen molar-refractivity contribution >= 4 is 39.1 Å². The summed E-state index contributed by atoms with van der Waals surface area (Å²) in [6.45, 7) is 0. The van der Waals surface area contributed by atoms with Crippen molar-refractivity contribution in [2.45, 2.75) is 0 Å². The van der Waals surface area contributed by atoms with Crippen LogP contribution in [-0.4, -0.2) is 10.9 Å². The Morgan fingerprint density at radius 2 is 2.11 bits per heavy atom. The van der Waals surface area contributed by atoms with Gasteiger partial charge in [-0.15, -0.1) is 0 Å². The fourth-order valence-electron chi connectivity index (χ4n) is 1.29. The first kappa shape index (κ1) is 13.0. The molecule has 0 spiro atoms. The van der Waals surface area contributed by atoms with Gasteiger partial charge in [0.25, 0.3) is 5.91 Å². The zero-order valence-corrected chi connectivity index (χ0v) is 11.3. The summed E-state index contributed by atoms with van der Waals surface area (Å²) in [4.78, 5) is 15.7. The van der Waals surface area contributed by atoms with E-state index in [0.717, 1.165) is 4.47 Å². The average molecular weight is 330 g/mol. The van der Waals surface area contributed by atoms with Gasteiger partial charge in [0.05, 0.1) is 5.69 Å². The van der Waals surface area contributed by atoms with Crippen LogP contribution in [0.5, 0.6) is 0 Å². The van der Waals surface area contributed by atoms with E-state index in [2.05, 4.69) is 26.2 Å². The number of rotatable bonds is 2. The Bertz CT molecular complexity index is 589. The molecule has 18 heavy (non-hydrogen) atoms. The molecule has 1 N–H and O–H groups in total. The molecule has 3 nitrogen and oxygen atoms in total. The third kappa shape index (κ3) is 3.05. The second-order valence-electron chi connectivity index (χ2n) is 3.44. The topological polar surface area (TPSA) is 42.0 Å². The molecule has 0 saturated heterocycles. The zero-order chi connectivity index (χ0) is 13.1. The van der Waals surface area contributed by atoms with Crippen molar-refractivity contribution in [3.63, 3.8) is 0 Å². The first-order valence-corrected chi connectivity index (χ1v) is 6.11. The Morgan fingerprint density at radius 3 is 2.78 bits per heavy atom. The van der Waals surface area contributed by atoms with Crippen LogP contribution < -0.4 is 5.32 Å². The van der Waals surface area contributed by atoms with Gasteiger partial charge in [-0.05, 0) is 46.3 Å². The number of halogens is 3. The van der Waals surface area contributed by atoms with E-state index in [-0.39, 0.29) is 11.4 Å². The van der Waals surface area contributed by atoms with Crippen LogP contribution in [0.25, 0.3) is 0 Å². The lowest BCUT2D eigenvalue weighted by molar-refractivity contribution is 0.102. The van der Waals surface area contributed by atoms with Crippen LogP contribution in [0, 0.1) is 5.82 Å². The third-order valence-corrected chi connectivity index (χ3v) is 2.84. The standard InChI is InChI=1S/C12H7BrClFN2O/c13-7-1-4-10(16-6-7)12(18)17-11-5-8(14)2-3-9(11)15/h1-6H,(H,17,18). The van der Waals surface area contributed by atoms with Crippen molar-refractivity contribution in [3.8, 4) is 0 Å². The molecule has 0 bridgehead atoms. The molecular weight excluding hydrogens is 322 g/mol. The van der Waals surface area contributed by atoms with E-state index in [1.54, 1.807) is 6.07 Å². The van der Waals surface area contributed by atoms with Crippen molar-refractivity contribution < 1.29 is 9.18 Å². The van der Waals surface area contributed by atoms with Crippen molar-refractivity contribution in [3.05, 3.63) is 57.5 Å². The summed E-state index contributed by atoms with van der Waals surface area (Å²) in [5, 5.41) is 2.75. The molecule has 0 aliphatic heterocycles. The predicted octanol–water partition coefficient (Wildman–Crippen LogP) is 3.89. The second kappa shape index (κ2) is 5.46. The maximum Gasteiger partial charge on any atom is 0.274 e. The van der Waals surface area contributed by atoms with Crippen molar-refractivity contribution in [1.29, 1.82) is 0 Å². The average Bonchev–Trinajstić information content (AvgIpc) is 2.34. The Morgan fingerprint density at radius 1 is 1.33 bits per heavy atom. The Hall–Kier alpha value is -1.46. The largest absolute Gasteiger partial charge is 0.318 e. The first-order valence-electron chi connectivity index (χ1n) is 4.94. The highest BCUT2D eigenvalue weighted by Crippen LogP contribution is 2.20. The van der Waals surface area contributed by atoms with Gasteiger partial charge in [-0.2, -0.15) is 0 Å². The fraction of sp³-hybridized carbons (Fsp3) is 0. The Labute approximate surface area is 116 Å². The summed E-state index contributed by atoms with van der Waals surface area (Å²) in [6, 6.07) is 7.14. The van der Waals surface area contributed by atoms with Crippen LogP contribution in [0.2, 0.25) is 5.02 Å². The molecule has 0 unspecified atom stereocenters. The van der Waals surface area contributed by atoms with Crippen LogP contribution in [0.1, 0.15) is 10.5 Å². The van der Waals surface area contributed by atoms with Gasteiger partial charge < -0.3 is 5.32 Å². The molecular formula is C12H7BrClFN2O. The van der Waals surface area contributed by atoms with E-state index in [9.17, 15) is 9.18 Å². The molecule has 0 aliphatic carbocycles. The molecule has 1 heterocycles. The van der Waals surface area contributed by atoms with E-state index >= 15 is 0 Å². The van der Waals surface area contributed by atoms with E-state index in [0.29, 0.717) is 5.02 Å². The Balaban J connectivity index is 2.21. The minimum absolute atomic E-state index is 0.0252. The minimum Gasteiger partial charge on any atom is -0.318 e. The van der Waals surface area contributed by atoms with Gasteiger partial charge in [0.15, 0.2) is 0 Å². The monoisotopic (exact) mass is 328 g/mol. The molecule has 92 valence electrons. The normalized spacial score (nSPS) is 10.2. The van der Waals surface area contributed by atoms with Gasteiger partial charge in [-0.1, -0.05) is 11.6 Å². The molecule has 2 aromatic rings. The number of anilines is 1. The first-order chi connectivity index (χ1) is 8.56. The van der Waals surface area contributed by atoms with Gasteiger partial charge in [0.2, 0.25) is 0 Å². The lowest BCUT2D eigenvalue weighted by Gasteiger charge is -2.06. The highest BCUT2D eigenvalue weighted by Gasteiger charge is 2.10. The van der Waals surface area contributed by atoms with E-state index in [1.165, 1.54) is 30.5 Å². The van der Waals surface area contributed by atoms with Crippen LogP contribution in [0.15, 0.2) is 41.0 Å².